The Balaban J connectivity index is 1.64. The zero-order valence-electron chi connectivity index (χ0n) is 20.0. The summed E-state index contributed by atoms with van der Waals surface area (Å²) in [5.41, 5.74) is 0.833. The number of aromatic nitrogens is 2. The van der Waals surface area contributed by atoms with E-state index in [2.05, 4.69) is 10.3 Å². The SMILES string of the molecule is CCNC(=S)N(Cc1cnc(S(=O)(=O)Cc2ccccc2F)n1C[C@H]1CCCO1)C[C@@H]1CCCO1. The van der Waals surface area contributed by atoms with Crippen molar-refractivity contribution in [2.24, 2.45) is 0 Å². The molecule has 2 fully saturated rings. The summed E-state index contributed by atoms with van der Waals surface area (Å²) < 4.78 is 54.4. The maximum absolute atomic E-state index is 14.2. The van der Waals surface area contributed by atoms with Gasteiger partial charge in [0.1, 0.15) is 5.82 Å². The number of nitrogens with one attached hydrogen (secondary N) is 1. The summed E-state index contributed by atoms with van der Waals surface area (Å²) in [6, 6.07) is 5.92. The molecule has 2 saturated heterocycles. The van der Waals surface area contributed by atoms with Crippen molar-refractivity contribution in [3.05, 3.63) is 47.5 Å². The maximum atomic E-state index is 14.2. The fourth-order valence-corrected chi connectivity index (χ4v) is 6.35. The summed E-state index contributed by atoms with van der Waals surface area (Å²) in [6.07, 6.45) is 5.31. The monoisotopic (exact) mass is 524 g/mol. The molecule has 2 aliphatic rings. The summed E-state index contributed by atoms with van der Waals surface area (Å²) in [6.45, 7) is 5.39. The first-order valence-electron chi connectivity index (χ1n) is 12.1. The quantitative estimate of drug-likeness (QED) is 0.475. The highest BCUT2D eigenvalue weighted by molar-refractivity contribution is 7.90. The molecular weight excluding hydrogens is 491 g/mol. The summed E-state index contributed by atoms with van der Waals surface area (Å²) in [4.78, 5) is 6.33. The van der Waals surface area contributed by atoms with Crippen molar-refractivity contribution in [3.63, 3.8) is 0 Å². The zero-order valence-corrected chi connectivity index (χ0v) is 21.6. The molecule has 0 amide bonds. The van der Waals surface area contributed by atoms with Crippen LogP contribution in [0.1, 0.15) is 43.9 Å². The van der Waals surface area contributed by atoms with Gasteiger partial charge in [-0.1, -0.05) is 18.2 Å². The number of ether oxygens (including phenoxy) is 2. The molecule has 2 aromatic rings. The highest BCUT2D eigenvalue weighted by Gasteiger charge is 2.29. The largest absolute Gasteiger partial charge is 0.376 e. The van der Waals surface area contributed by atoms with Gasteiger partial charge in [-0.2, -0.15) is 0 Å². The van der Waals surface area contributed by atoms with Crippen molar-refractivity contribution < 1.29 is 22.3 Å². The lowest BCUT2D eigenvalue weighted by Gasteiger charge is -2.28. The minimum Gasteiger partial charge on any atom is -0.376 e. The van der Waals surface area contributed by atoms with Gasteiger partial charge in [0.2, 0.25) is 15.0 Å². The Morgan fingerprint density at radius 2 is 1.94 bits per heavy atom. The highest BCUT2D eigenvalue weighted by Crippen LogP contribution is 2.24. The second kappa shape index (κ2) is 11.8. The van der Waals surface area contributed by atoms with Crippen molar-refractivity contribution in [2.45, 2.75) is 68.8 Å². The van der Waals surface area contributed by atoms with E-state index in [1.807, 2.05) is 11.8 Å². The van der Waals surface area contributed by atoms with Crippen molar-refractivity contribution in [1.29, 1.82) is 0 Å². The minimum absolute atomic E-state index is 0.0716. The summed E-state index contributed by atoms with van der Waals surface area (Å²) in [5.74, 6) is -1.01. The van der Waals surface area contributed by atoms with Gasteiger partial charge < -0.3 is 24.3 Å². The summed E-state index contributed by atoms with van der Waals surface area (Å²) in [5, 5.41) is 3.71. The van der Waals surface area contributed by atoms with Gasteiger partial charge in [-0.3, -0.25) is 0 Å². The van der Waals surface area contributed by atoms with E-state index in [0.29, 0.717) is 43.6 Å². The first-order valence-corrected chi connectivity index (χ1v) is 14.2. The molecular formula is C24H33FN4O4S2. The molecule has 11 heteroatoms. The van der Waals surface area contributed by atoms with Gasteiger partial charge in [-0.15, -0.1) is 0 Å². The van der Waals surface area contributed by atoms with E-state index < -0.39 is 21.4 Å². The van der Waals surface area contributed by atoms with Crippen LogP contribution in [0.3, 0.4) is 0 Å². The number of halogens is 1. The number of rotatable bonds is 10. The van der Waals surface area contributed by atoms with Gasteiger partial charge in [-0.25, -0.2) is 17.8 Å². The van der Waals surface area contributed by atoms with Crippen LogP contribution in [-0.4, -0.2) is 66.5 Å². The fourth-order valence-electron chi connectivity index (χ4n) is 4.55. The molecule has 35 heavy (non-hydrogen) atoms. The molecule has 0 spiro atoms. The van der Waals surface area contributed by atoms with E-state index in [0.717, 1.165) is 32.3 Å². The first kappa shape index (κ1) is 26.0. The van der Waals surface area contributed by atoms with Crippen LogP contribution < -0.4 is 5.32 Å². The van der Waals surface area contributed by atoms with E-state index in [9.17, 15) is 12.8 Å². The summed E-state index contributed by atoms with van der Waals surface area (Å²) >= 11 is 5.62. The Hall–Kier alpha value is -2.08. The standard InChI is InChI=1S/C24H33FN4O4S2/c1-2-26-23(34)28(15-20-8-5-11-32-20)14-19-13-27-24(29(19)16-21-9-6-12-33-21)35(30,31)17-18-7-3-4-10-22(18)25/h3-4,7,10,13,20-21H,2,5-6,8-9,11-12,14-17H2,1H3,(H,26,34)/t20-,21+/m0/s1. The van der Waals surface area contributed by atoms with Crippen molar-refractivity contribution >= 4 is 27.2 Å². The van der Waals surface area contributed by atoms with Gasteiger partial charge in [-0.05, 0) is 50.9 Å². The van der Waals surface area contributed by atoms with Gasteiger partial charge in [0, 0.05) is 31.9 Å². The first-order chi connectivity index (χ1) is 16.9. The van der Waals surface area contributed by atoms with Crippen LogP contribution in [0, 0.1) is 5.82 Å². The predicted molar refractivity (Wildman–Crippen MR) is 134 cm³/mol. The van der Waals surface area contributed by atoms with Crippen molar-refractivity contribution in [3.8, 4) is 0 Å². The Kier molecular flexibility index (Phi) is 8.74. The molecule has 1 N–H and O–H groups in total. The molecule has 1 aromatic carbocycles. The molecule has 4 rings (SSSR count). The summed E-state index contributed by atoms with van der Waals surface area (Å²) in [7, 11) is -3.91. The van der Waals surface area contributed by atoms with Crippen molar-refractivity contribution in [2.75, 3.05) is 26.3 Å². The van der Waals surface area contributed by atoms with Crippen LogP contribution in [0.4, 0.5) is 4.39 Å². The van der Waals surface area contributed by atoms with Gasteiger partial charge in [0.15, 0.2) is 5.11 Å². The van der Waals surface area contributed by atoms with Gasteiger partial charge in [0.25, 0.3) is 0 Å². The van der Waals surface area contributed by atoms with E-state index in [-0.39, 0.29) is 22.9 Å². The molecule has 2 atom stereocenters. The number of hydrogen-bond donors (Lipinski definition) is 1. The van der Waals surface area contributed by atoms with E-state index in [4.69, 9.17) is 21.7 Å². The molecule has 0 aliphatic carbocycles. The smallest absolute Gasteiger partial charge is 0.228 e. The molecule has 3 heterocycles. The molecule has 0 radical (unpaired) electrons. The molecule has 2 aliphatic heterocycles. The van der Waals surface area contributed by atoms with E-state index >= 15 is 0 Å². The van der Waals surface area contributed by atoms with Gasteiger partial charge >= 0.3 is 0 Å². The predicted octanol–water partition coefficient (Wildman–Crippen LogP) is 3.05. The minimum atomic E-state index is -3.91. The second-order valence-corrected chi connectivity index (χ2v) is 11.2. The zero-order chi connectivity index (χ0) is 24.8. The maximum Gasteiger partial charge on any atom is 0.228 e. The van der Waals surface area contributed by atoms with Crippen LogP contribution in [0.5, 0.6) is 0 Å². The molecule has 0 bridgehead atoms. The van der Waals surface area contributed by atoms with E-state index in [1.54, 1.807) is 16.8 Å². The fraction of sp³-hybridized carbons (Fsp3) is 0.583. The average Bonchev–Trinajstić information content (AvgIpc) is 3.59. The average molecular weight is 525 g/mol. The number of sulfone groups is 1. The number of benzene rings is 1. The Morgan fingerprint density at radius 1 is 1.23 bits per heavy atom. The Labute approximate surface area is 211 Å². The Morgan fingerprint density at radius 3 is 2.60 bits per heavy atom. The lowest BCUT2D eigenvalue weighted by molar-refractivity contribution is 0.0862. The van der Waals surface area contributed by atoms with Crippen LogP contribution in [0.25, 0.3) is 0 Å². The van der Waals surface area contributed by atoms with Crippen LogP contribution in [0.15, 0.2) is 35.6 Å². The lowest BCUT2D eigenvalue weighted by atomic mass is 10.2. The number of imidazole rings is 1. The van der Waals surface area contributed by atoms with E-state index in [1.165, 1.54) is 18.2 Å². The third-order valence-corrected chi connectivity index (χ3v) is 8.29. The number of nitrogens with zero attached hydrogens (tertiary/aromatic N) is 3. The molecule has 192 valence electrons. The third kappa shape index (κ3) is 6.58. The normalized spacial score (nSPS) is 20.3. The second-order valence-electron chi connectivity index (χ2n) is 8.98. The lowest BCUT2D eigenvalue weighted by Crippen LogP contribution is -2.43. The van der Waals surface area contributed by atoms with Crippen LogP contribution in [-0.2, 0) is 38.2 Å². The van der Waals surface area contributed by atoms with Gasteiger partial charge in [0.05, 0.1) is 42.9 Å². The molecule has 0 saturated carbocycles. The number of hydrogen-bond acceptors (Lipinski definition) is 6. The van der Waals surface area contributed by atoms with Crippen LogP contribution in [0.2, 0.25) is 0 Å². The van der Waals surface area contributed by atoms with Crippen molar-refractivity contribution in [1.82, 2.24) is 19.8 Å². The Bertz CT molecular complexity index is 1110. The molecule has 0 unspecified atom stereocenters. The molecule has 1 aromatic heterocycles. The molecule has 8 nitrogen and oxygen atoms in total. The highest BCUT2D eigenvalue weighted by atomic mass is 32.2. The third-order valence-electron chi connectivity index (χ3n) is 6.31. The topological polar surface area (TPSA) is 85.7 Å². The number of thiocarbonyl (C=S) groups is 1. The van der Waals surface area contributed by atoms with Crippen LogP contribution >= 0.6 is 12.2 Å².